The molecule has 1 aromatic rings. The van der Waals surface area contributed by atoms with Crippen molar-refractivity contribution in [1.82, 2.24) is 4.98 Å². The van der Waals surface area contributed by atoms with Gasteiger partial charge in [-0.2, -0.15) is 0 Å². The molecule has 2 atom stereocenters. The molecule has 1 aliphatic rings. The fraction of sp³-hybridized carbons (Fsp3) is 0.250. The molecule has 114 valence electrons. The number of methoxy groups -OCH3 is 1. The molecule has 0 spiro atoms. The van der Waals surface area contributed by atoms with Crippen molar-refractivity contribution in [1.29, 1.82) is 0 Å². The summed E-state index contributed by atoms with van der Waals surface area (Å²) < 4.78 is 54.3. The summed E-state index contributed by atoms with van der Waals surface area (Å²) in [6.07, 6.45) is 3.09. The number of alkyl halides is 2. The Bertz CT molecular complexity index is 732. The first-order valence-electron chi connectivity index (χ1n) is 5.67. The van der Waals surface area contributed by atoms with Gasteiger partial charge in [0.1, 0.15) is 11.1 Å². The fourth-order valence-corrected chi connectivity index (χ4v) is 4.21. The van der Waals surface area contributed by atoms with E-state index >= 15 is 0 Å². The predicted octanol–water partition coefficient (Wildman–Crippen LogP) is 2.06. The number of aromatic nitrogens is 1. The highest BCUT2D eigenvalue weighted by Crippen LogP contribution is 2.48. The number of hydrogen-bond donors (Lipinski definition) is 1. The largest absolute Gasteiger partial charge is 0.481 e. The molecule has 0 amide bonds. The zero-order chi connectivity index (χ0) is 15.8. The van der Waals surface area contributed by atoms with Crippen LogP contribution in [0.2, 0.25) is 0 Å². The van der Waals surface area contributed by atoms with E-state index in [4.69, 9.17) is 9.88 Å². The Morgan fingerprint density at radius 3 is 2.76 bits per heavy atom. The molecule has 21 heavy (non-hydrogen) atoms. The molecule has 1 aliphatic carbocycles. The van der Waals surface area contributed by atoms with Crippen LogP contribution in [-0.2, 0) is 10.0 Å². The number of primary sulfonamides is 1. The van der Waals surface area contributed by atoms with E-state index in [1.165, 1.54) is 25.4 Å². The van der Waals surface area contributed by atoms with Crippen molar-refractivity contribution < 1.29 is 21.9 Å². The number of nitrogens with zero attached hydrogens (tertiary/aromatic N) is 1. The summed E-state index contributed by atoms with van der Waals surface area (Å²) >= 11 is 2.64. The van der Waals surface area contributed by atoms with Gasteiger partial charge in [0.05, 0.1) is 7.11 Å². The summed E-state index contributed by atoms with van der Waals surface area (Å²) in [5.41, 5.74) is -0.538. The number of allylic oxidation sites excluding steroid dienone is 3. The molecule has 0 saturated carbocycles. The van der Waals surface area contributed by atoms with E-state index in [-0.39, 0.29) is 11.4 Å². The summed E-state index contributed by atoms with van der Waals surface area (Å²) in [6.45, 7) is 0. The van der Waals surface area contributed by atoms with Crippen LogP contribution in [0.3, 0.4) is 0 Å². The second-order valence-corrected chi connectivity index (χ2v) is 7.11. The highest BCUT2D eigenvalue weighted by Gasteiger charge is 2.50. The van der Waals surface area contributed by atoms with Crippen LogP contribution in [0.25, 0.3) is 5.57 Å². The number of halogens is 3. The minimum absolute atomic E-state index is 0.00475. The van der Waals surface area contributed by atoms with Gasteiger partial charge in [0, 0.05) is 17.3 Å². The molecule has 2 rings (SSSR count). The van der Waals surface area contributed by atoms with Crippen LogP contribution in [0.4, 0.5) is 8.78 Å². The van der Waals surface area contributed by atoms with E-state index in [1.54, 1.807) is 0 Å². The molecule has 5 nitrogen and oxygen atoms in total. The SMILES string of the molecule is COc1ncccc1C1=C(F)C=CC(S(N)(=O)=O)C1(F)Br. The monoisotopic (exact) mass is 380 g/mol. The van der Waals surface area contributed by atoms with Gasteiger partial charge in [0.15, 0.2) is 0 Å². The van der Waals surface area contributed by atoms with E-state index < -0.39 is 31.3 Å². The fourth-order valence-electron chi connectivity index (χ4n) is 2.05. The smallest absolute Gasteiger partial charge is 0.220 e. The number of pyridine rings is 1. The minimum atomic E-state index is -4.29. The Labute approximate surface area is 128 Å². The predicted molar refractivity (Wildman–Crippen MR) is 77.6 cm³/mol. The number of hydrogen-bond acceptors (Lipinski definition) is 4. The van der Waals surface area contributed by atoms with Crippen LogP contribution in [-0.4, -0.2) is 30.3 Å². The highest BCUT2D eigenvalue weighted by atomic mass is 79.9. The molecular weight excluding hydrogens is 370 g/mol. The second kappa shape index (κ2) is 5.47. The quantitative estimate of drug-likeness (QED) is 0.813. The van der Waals surface area contributed by atoms with Gasteiger partial charge in [0.2, 0.25) is 20.5 Å². The summed E-state index contributed by atoms with van der Waals surface area (Å²) in [5, 5.41) is 3.23. The van der Waals surface area contributed by atoms with Crippen LogP contribution in [0.15, 0.2) is 36.3 Å². The van der Waals surface area contributed by atoms with Gasteiger partial charge in [0.25, 0.3) is 0 Å². The molecule has 0 aromatic carbocycles. The van der Waals surface area contributed by atoms with Crippen molar-refractivity contribution >= 4 is 31.5 Å². The average Bonchev–Trinajstić information content (AvgIpc) is 2.36. The third kappa shape index (κ3) is 2.85. The number of nitrogens with two attached hydrogens (primary N) is 1. The van der Waals surface area contributed by atoms with Crippen molar-refractivity contribution in [3.63, 3.8) is 0 Å². The second-order valence-electron chi connectivity index (χ2n) is 4.27. The van der Waals surface area contributed by atoms with Crippen LogP contribution in [0.5, 0.6) is 5.88 Å². The molecule has 0 aliphatic heterocycles. The van der Waals surface area contributed by atoms with Gasteiger partial charge in [-0.15, -0.1) is 0 Å². The third-order valence-corrected chi connectivity index (χ3v) is 5.32. The lowest BCUT2D eigenvalue weighted by atomic mass is 9.95. The van der Waals surface area contributed by atoms with Crippen molar-refractivity contribution in [3.05, 3.63) is 41.9 Å². The minimum Gasteiger partial charge on any atom is -0.481 e. The lowest BCUT2D eigenvalue weighted by molar-refractivity contribution is 0.365. The van der Waals surface area contributed by atoms with Gasteiger partial charge in [-0.05, 0) is 34.1 Å². The molecule has 0 radical (unpaired) electrons. The Morgan fingerprint density at radius 1 is 1.52 bits per heavy atom. The Kier molecular flexibility index (Phi) is 4.18. The topological polar surface area (TPSA) is 82.3 Å². The first kappa shape index (κ1) is 16.1. The van der Waals surface area contributed by atoms with Crippen LogP contribution < -0.4 is 9.88 Å². The molecule has 0 bridgehead atoms. The first-order chi connectivity index (χ1) is 9.69. The zero-order valence-electron chi connectivity index (χ0n) is 10.8. The molecular formula is C12H11BrF2N2O3S. The Hall–Kier alpha value is -1.32. The van der Waals surface area contributed by atoms with Crippen LogP contribution in [0.1, 0.15) is 5.56 Å². The molecule has 2 unspecified atom stereocenters. The molecule has 9 heteroatoms. The van der Waals surface area contributed by atoms with Crippen molar-refractivity contribution in [3.8, 4) is 5.88 Å². The van der Waals surface area contributed by atoms with Gasteiger partial charge in [-0.25, -0.2) is 27.3 Å². The maximum Gasteiger partial charge on any atom is 0.220 e. The number of ether oxygens (including phenoxy) is 1. The molecule has 2 N–H and O–H groups in total. The van der Waals surface area contributed by atoms with E-state index in [9.17, 15) is 17.2 Å². The Morgan fingerprint density at radius 2 is 2.19 bits per heavy atom. The number of rotatable bonds is 3. The van der Waals surface area contributed by atoms with Gasteiger partial charge in [-0.1, -0.05) is 6.08 Å². The van der Waals surface area contributed by atoms with Gasteiger partial charge in [-0.3, -0.25) is 0 Å². The van der Waals surface area contributed by atoms with E-state index in [0.29, 0.717) is 0 Å². The first-order valence-corrected chi connectivity index (χ1v) is 8.07. The van der Waals surface area contributed by atoms with Crippen molar-refractivity contribution in [2.24, 2.45) is 5.14 Å². The van der Waals surface area contributed by atoms with E-state index in [0.717, 1.165) is 12.2 Å². The summed E-state index contributed by atoms with van der Waals surface area (Å²) in [4.78, 5) is 3.84. The molecule has 1 heterocycles. The van der Waals surface area contributed by atoms with Crippen LogP contribution in [0, 0.1) is 0 Å². The van der Waals surface area contributed by atoms with Gasteiger partial charge >= 0.3 is 0 Å². The summed E-state index contributed by atoms with van der Waals surface area (Å²) in [6, 6.07) is 2.82. The van der Waals surface area contributed by atoms with E-state index in [1.807, 2.05) is 0 Å². The maximum atomic E-state index is 15.0. The zero-order valence-corrected chi connectivity index (χ0v) is 13.2. The summed E-state index contributed by atoms with van der Waals surface area (Å²) in [7, 11) is -3.00. The summed E-state index contributed by atoms with van der Waals surface area (Å²) in [5.74, 6) is -0.979. The van der Waals surface area contributed by atoms with Gasteiger partial charge < -0.3 is 4.74 Å². The molecule has 0 fully saturated rings. The lowest BCUT2D eigenvalue weighted by Crippen LogP contribution is -2.43. The highest BCUT2D eigenvalue weighted by molar-refractivity contribution is 9.10. The Balaban J connectivity index is 2.69. The van der Waals surface area contributed by atoms with E-state index in [2.05, 4.69) is 20.9 Å². The maximum absolute atomic E-state index is 15.0. The molecule has 0 saturated heterocycles. The normalized spacial score (nSPS) is 26.0. The number of sulfonamides is 1. The standard InChI is InChI=1S/C12H11BrF2N2O3S/c1-20-11-7(3-2-6-17-11)10-8(14)4-5-9(12(10,13)15)21(16,18)19/h2-6,9H,1H3,(H2,16,18,19). The van der Waals surface area contributed by atoms with Crippen molar-refractivity contribution in [2.45, 2.75) is 9.83 Å². The molecule has 1 aromatic heterocycles. The van der Waals surface area contributed by atoms with Crippen molar-refractivity contribution in [2.75, 3.05) is 7.11 Å². The lowest BCUT2D eigenvalue weighted by Gasteiger charge is -2.30. The average molecular weight is 381 g/mol. The van der Waals surface area contributed by atoms with Crippen LogP contribution >= 0.6 is 15.9 Å². The third-order valence-electron chi connectivity index (χ3n) is 2.93.